The molecule has 0 atom stereocenters. The van der Waals surface area contributed by atoms with Crippen LogP contribution in [0.2, 0.25) is 0 Å². The van der Waals surface area contributed by atoms with Gasteiger partial charge in [-0.25, -0.2) is 0 Å². The molecule has 0 heterocycles. The fraction of sp³-hybridized carbons (Fsp3) is 0.750. The SMILES string of the molecule is COCC1=C(O)CCCC1. The molecular formula is C8H14O2. The molecule has 2 nitrogen and oxygen atoms in total. The minimum absolute atomic E-state index is 0.563. The van der Waals surface area contributed by atoms with Crippen molar-refractivity contribution >= 4 is 0 Å². The van der Waals surface area contributed by atoms with Crippen molar-refractivity contribution < 1.29 is 9.84 Å². The number of rotatable bonds is 2. The first kappa shape index (κ1) is 7.61. The Bertz CT molecular complexity index is 138. The topological polar surface area (TPSA) is 29.5 Å². The number of hydrogen-bond donors (Lipinski definition) is 1. The minimum Gasteiger partial charge on any atom is -0.512 e. The van der Waals surface area contributed by atoms with Crippen LogP contribution < -0.4 is 0 Å². The van der Waals surface area contributed by atoms with Crippen molar-refractivity contribution in [1.82, 2.24) is 0 Å². The largest absolute Gasteiger partial charge is 0.512 e. The summed E-state index contributed by atoms with van der Waals surface area (Å²) in [5.41, 5.74) is 1.09. The molecular weight excluding hydrogens is 128 g/mol. The van der Waals surface area contributed by atoms with Crippen molar-refractivity contribution in [3.63, 3.8) is 0 Å². The minimum atomic E-state index is 0.563. The maximum Gasteiger partial charge on any atom is 0.0937 e. The molecule has 1 aliphatic rings. The van der Waals surface area contributed by atoms with Crippen LogP contribution in [0.4, 0.5) is 0 Å². The standard InChI is InChI=1S/C8H14O2/c1-10-6-7-4-2-3-5-8(7)9/h9H,2-6H2,1H3. The number of hydrogen-bond acceptors (Lipinski definition) is 2. The van der Waals surface area contributed by atoms with E-state index in [0.29, 0.717) is 12.4 Å². The zero-order valence-corrected chi connectivity index (χ0v) is 6.39. The number of methoxy groups -OCH3 is 1. The summed E-state index contributed by atoms with van der Waals surface area (Å²) in [6.07, 6.45) is 4.18. The Hall–Kier alpha value is -0.500. The molecule has 1 N–H and O–H groups in total. The first-order valence-electron chi connectivity index (χ1n) is 3.73. The predicted molar refractivity (Wildman–Crippen MR) is 40.0 cm³/mol. The smallest absolute Gasteiger partial charge is 0.0937 e. The second-order valence-electron chi connectivity index (χ2n) is 2.69. The van der Waals surface area contributed by atoms with Gasteiger partial charge < -0.3 is 9.84 Å². The van der Waals surface area contributed by atoms with Gasteiger partial charge in [-0.05, 0) is 24.8 Å². The van der Waals surface area contributed by atoms with E-state index >= 15 is 0 Å². The lowest BCUT2D eigenvalue weighted by molar-refractivity contribution is 0.211. The highest BCUT2D eigenvalue weighted by atomic mass is 16.5. The van der Waals surface area contributed by atoms with Gasteiger partial charge in [0.25, 0.3) is 0 Å². The lowest BCUT2D eigenvalue weighted by Gasteiger charge is -2.14. The van der Waals surface area contributed by atoms with Crippen LogP contribution in [0.5, 0.6) is 0 Å². The molecule has 0 spiro atoms. The molecule has 0 saturated carbocycles. The Balaban J connectivity index is 2.50. The van der Waals surface area contributed by atoms with Crippen molar-refractivity contribution in [2.45, 2.75) is 25.7 Å². The summed E-state index contributed by atoms with van der Waals surface area (Å²) in [7, 11) is 1.66. The van der Waals surface area contributed by atoms with E-state index in [1.165, 1.54) is 6.42 Å². The van der Waals surface area contributed by atoms with Gasteiger partial charge in [-0.15, -0.1) is 0 Å². The summed E-state index contributed by atoms with van der Waals surface area (Å²) in [6, 6.07) is 0. The van der Waals surface area contributed by atoms with E-state index in [0.717, 1.165) is 24.8 Å². The third-order valence-electron chi connectivity index (χ3n) is 1.87. The number of allylic oxidation sites excluding steroid dienone is 1. The number of aliphatic hydroxyl groups is 1. The Labute approximate surface area is 61.5 Å². The lowest BCUT2D eigenvalue weighted by Crippen LogP contribution is -2.04. The molecule has 0 fully saturated rings. The Kier molecular flexibility index (Phi) is 2.75. The van der Waals surface area contributed by atoms with Crippen LogP contribution in [0, 0.1) is 0 Å². The van der Waals surface area contributed by atoms with E-state index < -0.39 is 0 Å². The molecule has 0 aromatic heterocycles. The summed E-state index contributed by atoms with van der Waals surface area (Å²) in [5.74, 6) is 0.563. The predicted octanol–water partition coefficient (Wildman–Crippen LogP) is 2.02. The van der Waals surface area contributed by atoms with Gasteiger partial charge in [-0.2, -0.15) is 0 Å². The second-order valence-corrected chi connectivity index (χ2v) is 2.69. The third-order valence-corrected chi connectivity index (χ3v) is 1.87. The quantitative estimate of drug-likeness (QED) is 0.639. The van der Waals surface area contributed by atoms with Crippen LogP contribution in [0.25, 0.3) is 0 Å². The van der Waals surface area contributed by atoms with Crippen molar-refractivity contribution in [3.05, 3.63) is 11.3 Å². The van der Waals surface area contributed by atoms with Crippen LogP contribution in [0.3, 0.4) is 0 Å². The average molecular weight is 142 g/mol. The molecule has 0 unspecified atom stereocenters. The van der Waals surface area contributed by atoms with Crippen LogP contribution in [0.1, 0.15) is 25.7 Å². The highest BCUT2D eigenvalue weighted by Gasteiger charge is 2.10. The Morgan fingerprint density at radius 3 is 2.70 bits per heavy atom. The van der Waals surface area contributed by atoms with Crippen LogP contribution in [-0.4, -0.2) is 18.8 Å². The van der Waals surface area contributed by atoms with Gasteiger partial charge in [0.05, 0.1) is 12.4 Å². The van der Waals surface area contributed by atoms with Gasteiger partial charge in [-0.1, -0.05) is 0 Å². The fourth-order valence-corrected chi connectivity index (χ4v) is 1.28. The second kappa shape index (κ2) is 3.62. The first-order valence-corrected chi connectivity index (χ1v) is 3.73. The van der Waals surface area contributed by atoms with E-state index in [-0.39, 0.29) is 0 Å². The molecule has 10 heavy (non-hydrogen) atoms. The lowest BCUT2D eigenvalue weighted by atomic mass is 9.98. The van der Waals surface area contributed by atoms with Gasteiger partial charge in [-0.3, -0.25) is 0 Å². The molecule has 0 aromatic carbocycles. The molecule has 0 aliphatic heterocycles. The molecule has 0 bridgehead atoms. The highest BCUT2D eigenvalue weighted by molar-refractivity contribution is 5.10. The number of ether oxygens (including phenoxy) is 1. The first-order chi connectivity index (χ1) is 4.84. The highest BCUT2D eigenvalue weighted by Crippen LogP contribution is 2.22. The van der Waals surface area contributed by atoms with E-state index in [1.54, 1.807) is 7.11 Å². The van der Waals surface area contributed by atoms with E-state index in [2.05, 4.69) is 0 Å². The number of aliphatic hydroxyl groups excluding tert-OH is 1. The fourth-order valence-electron chi connectivity index (χ4n) is 1.28. The van der Waals surface area contributed by atoms with Crippen molar-refractivity contribution in [3.8, 4) is 0 Å². The van der Waals surface area contributed by atoms with Gasteiger partial charge in [0.2, 0.25) is 0 Å². The van der Waals surface area contributed by atoms with Crippen LogP contribution in [0.15, 0.2) is 11.3 Å². The maximum atomic E-state index is 9.30. The normalized spacial score (nSPS) is 19.7. The summed E-state index contributed by atoms with van der Waals surface area (Å²) < 4.78 is 4.93. The van der Waals surface area contributed by atoms with Crippen LogP contribution >= 0.6 is 0 Å². The molecule has 2 heteroatoms. The van der Waals surface area contributed by atoms with Crippen molar-refractivity contribution in [2.24, 2.45) is 0 Å². The third kappa shape index (κ3) is 1.74. The zero-order valence-electron chi connectivity index (χ0n) is 6.39. The maximum absolute atomic E-state index is 9.30. The summed E-state index contributed by atoms with van der Waals surface area (Å²) in [5, 5.41) is 9.30. The summed E-state index contributed by atoms with van der Waals surface area (Å²) >= 11 is 0. The Morgan fingerprint density at radius 2 is 2.10 bits per heavy atom. The molecule has 1 rings (SSSR count). The van der Waals surface area contributed by atoms with Gasteiger partial charge in [0, 0.05) is 13.5 Å². The zero-order chi connectivity index (χ0) is 7.40. The summed E-state index contributed by atoms with van der Waals surface area (Å²) in [6.45, 7) is 0.603. The van der Waals surface area contributed by atoms with Gasteiger partial charge >= 0.3 is 0 Å². The van der Waals surface area contributed by atoms with E-state index in [1.807, 2.05) is 0 Å². The molecule has 0 saturated heterocycles. The Morgan fingerprint density at radius 1 is 1.40 bits per heavy atom. The van der Waals surface area contributed by atoms with Crippen molar-refractivity contribution in [2.75, 3.05) is 13.7 Å². The molecule has 58 valence electrons. The van der Waals surface area contributed by atoms with Gasteiger partial charge in [0.15, 0.2) is 0 Å². The van der Waals surface area contributed by atoms with Crippen molar-refractivity contribution in [1.29, 1.82) is 0 Å². The summed E-state index contributed by atoms with van der Waals surface area (Å²) in [4.78, 5) is 0. The average Bonchev–Trinajstić information content (AvgIpc) is 1.94. The molecule has 1 aliphatic carbocycles. The van der Waals surface area contributed by atoms with Crippen LogP contribution in [-0.2, 0) is 4.74 Å². The molecule has 0 amide bonds. The monoisotopic (exact) mass is 142 g/mol. The molecule has 0 aromatic rings. The molecule has 0 radical (unpaired) electrons. The van der Waals surface area contributed by atoms with Gasteiger partial charge in [0.1, 0.15) is 0 Å². The van der Waals surface area contributed by atoms with E-state index in [9.17, 15) is 5.11 Å². The van der Waals surface area contributed by atoms with E-state index in [4.69, 9.17) is 4.74 Å².